The lowest BCUT2D eigenvalue weighted by Gasteiger charge is -2.24. The summed E-state index contributed by atoms with van der Waals surface area (Å²) < 4.78 is 0. The zero-order chi connectivity index (χ0) is 15.4. The molecule has 0 aliphatic carbocycles. The smallest absolute Gasteiger partial charge is 0.167 e. The van der Waals surface area contributed by atoms with Gasteiger partial charge in [-0.15, -0.1) is 0 Å². The standard InChI is InChI=1S/C19H23NO/c1-14-10-11-18(15(2)12-14)20(4)13-16(3)19(21)17-8-6-5-7-9-17/h5-12,16H,13H2,1-4H3. The Bertz CT molecular complexity index is 619. The number of anilines is 1. The Labute approximate surface area is 127 Å². The van der Waals surface area contributed by atoms with Crippen molar-refractivity contribution in [2.75, 3.05) is 18.5 Å². The van der Waals surface area contributed by atoms with E-state index < -0.39 is 0 Å². The average molecular weight is 281 g/mol. The first kappa shape index (κ1) is 15.3. The van der Waals surface area contributed by atoms with Crippen LogP contribution in [-0.2, 0) is 0 Å². The van der Waals surface area contributed by atoms with Gasteiger partial charge in [-0.3, -0.25) is 4.79 Å². The first-order chi connectivity index (χ1) is 9.99. The molecule has 0 saturated heterocycles. The molecule has 1 unspecified atom stereocenters. The highest BCUT2D eigenvalue weighted by atomic mass is 16.1. The van der Waals surface area contributed by atoms with E-state index in [1.807, 2.05) is 44.3 Å². The lowest BCUT2D eigenvalue weighted by molar-refractivity contribution is 0.0933. The van der Waals surface area contributed by atoms with Crippen LogP contribution < -0.4 is 4.90 Å². The minimum Gasteiger partial charge on any atom is -0.374 e. The second-order valence-corrected chi connectivity index (χ2v) is 5.80. The molecule has 2 rings (SSSR count). The van der Waals surface area contributed by atoms with Gasteiger partial charge in [0.2, 0.25) is 0 Å². The summed E-state index contributed by atoms with van der Waals surface area (Å²) in [6, 6.07) is 15.9. The molecule has 0 N–H and O–H groups in total. The summed E-state index contributed by atoms with van der Waals surface area (Å²) >= 11 is 0. The molecular formula is C19H23NO. The predicted octanol–water partition coefficient (Wildman–Crippen LogP) is 4.26. The summed E-state index contributed by atoms with van der Waals surface area (Å²) in [5.41, 5.74) is 4.49. The van der Waals surface area contributed by atoms with Gasteiger partial charge in [0.05, 0.1) is 0 Å². The highest BCUT2D eigenvalue weighted by molar-refractivity contribution is 5.97. The number of carbonyl (C=O) groups is 1. The van der Waals surface area contributed by atoms with Gasteiger partial charge in [-0.05, 0) is 25.5 Å². The second-order valence-electron chi connectivity index (χ2n) is 5.80. The maximum atomic E-state index is 12.4. The van der Waals surface area contributed by atoms with Crippen LogP contribution in [0, 0.1) is 19.8 Å². The van der Waals surface area contributed by atoms with Gasteiger partial charge >= 0.3 is 0 Å². The quantitative estimate of drug-likeness (QED) is 0.763. The van der Waals surface area contributed by atoms with Crippen LogP contribution in [-0.4, -0.2) is 19.4 Å². The summed E-state index contributed by atoms with van der Waals surface area (Å²) in [6.45, 7) is 6.92. The van der Waals surface area contributed by atoms with E-state index in [2.05, 4.69) is 36.9 Å². The van der Waals surface area contributed by atoms with Crippen molar-refractivity contribution in [3.8, 4) is 0 Å². The maximum absolute atomic E-state index is 12.4. The zero-order valence-corrected chi connectivity index (χ0v) is 13.3. The molecule has 0 amide bonds. The van der Waals surface area contributed by atoms with Crippen LogP contribution in [0.3, 0.4) is 0 Å². The zero-order valence-electron chi connectivity index (χ0n) is 13.3. The number of hydrogen-bond acceptors (Lipinski definition) is 2. The van der Waals surface area contributed by atoms with Crippen LogP contribution in [0.15, 0.2) is 48.5 Å². The van der Waals surface area contributed by atoms with E-state index in [-0.39, 0.29) is 11.7 Å². The molecule has 0 aliphatic rings. The lowest BCUT2D eigenvalue weighted by Crippen LogP contribution is -2.29. The Morgan fingerprint density at radius 1 is 1.10 bits per heavy atom. The first-order valence-electron chi connectivity index (χ1n) is 7.36. The average Bonchev–Trinajstić information content (AvgIpc) is 2.47. The molecule has 110 valence electrons. The lowest BCUT2D eigenvalue weighted by atomic mass is 9.98. The molecule has 0 spiro atoms. The van der Waals surface area contributed by atoms with Crippen LogP contribution in [0.4, 0.5) is 5.69 Å². The molecule has 0 fully saturated rings. The largest absolute Gasteiger partial charge is 0.374 e. The number of aryl methyl sites for hydroxylation is 2. The van der Waals surface area contributed by atoms with E-state index in [0.717, 1.165) is 12.1 Å². The van der Waals surface area contributed by atoms with Gasteiger partial charge in [0.1, 0.15) is 0 Å². The summed E-state index contributed by atoms with van der Waals surface area (Å²) in [4.78, 5) is 14.6. The van der Waals surface area contributed by atoms with E-state index >= 15 is 0 Å². The van der Waals surface area contributed by atoms with Crippen LogP contribution in [0.1, 0.15) is 28.4 Å². The number of benzene rings is 2. The minimum atomic E-state index is -0.0295. The molecule has 2 aromatic carbocycles. The third kappa shape index (κ3) is 3.72. The second kappa shape index (κ2) is 6.57. The molecule has 0 bridgehead atoms. The van der Waals surface area contributed by atoms with E-state index in [4.69, 9.17) is 0 Å². The van der Waals surface area contributed by atoms with Crippen LogP contribution in [0.5, 0.6) is 0 Å². The maximum Gasteiger partial charge on any atom is 0.167 e. The van der Waals surface area contributed by atoms with Gasteiger partial charge in [0.25, 0.3) is 0 Å². The van der Waals surface area contributed by atoms with Crippen molar-refractivity contribution >= 4 is 11.5 Å². The fourth-order valence-corrected chi connectivity index (χ4v) is 2.71. The predicted molar refractivity (Wildman–Crippen MR) is 89.1 cm³/mol. The molecule has 0 heterocycles. The Kier molecular flexibility index (Phi) is 4.79. The number of Topliss-reactive ketones (excluding diaryl/α,β-unsaturated/α-hetero) is 1. The fraction of sp³-hybridized carbons (Fsp3) is 0.316. The summed E-state index contributed by atoms with van der Waals surface area (Å²) in [5.74, 6) is 0.172. The van der Waals surface area contributed by atoms with Crippen LogP contribution in [0.25, 0.3) is 0 Å². The van der Waals surface area contributed by atoms with E-state index in [1.54, 1.807) is 0 Å². The Balaban J connectivity index is 2.08. The van der Waals surface area contributed by atoms with Crippen molar-refractivity contribution in [2.45, 2.75) is 20.8 Å². The molecule has 2 aromatic rings. The minimum absolute atomic E-state index is 0.0295. The van der Waals surface area contributed by atoms with Gasteiger partial charge in [0.15, 0.2) is 5.78 Å². The van der Waals surface area contributed by atoms with Gasteiger partial charge in [0, 0.05) is 30.8 Å². The highest BCUT2D eigenvalue weighted by Crippen LogP contribution is 2.21. The highest BCUT2D eigenvalue weighted by Gasteiger charge is 2.17. The normalized spacial score (nSPS) is 12.0. The molecule has 2 nitrogen and oxygen atoms in total. The van der Waals surface area contributed by atoms with Crippen LogP contribution in [0.2, 0.25) is 0 Å². The fourth-order valence-electron chi connectivity index (χ4n) is 2.71. The van der Waals surface area contributed by atoms with Crippen molar-refractivity contribution in [3.05, 3.63) is 65.2 Å². The SMILES string of the molecule is Cc1ccc(N(C)CC(C)C(=O)c2ccccc2)c(C)c1. The summed E-state index contributed by atoms with van der Waals surface area (Å²) in [6.07, 6.45) is 0. The summed E-state index contributed by atoms with van der Waals surface area (Å²) in [5, 5.41) is 0. The topological polar surface area (TPSA) is 20.3 Å². The number of hydrogen-bond donors (Lipinski definition) is 0. The van der Waals surface area contributed by atoms with Crippen molar-refractivity contribution in [2.24, 2.45) is 5.92 Å². The Hall–Kier alpha value is -2.09. The van der Waals surface area contributed by atoms with E-state index in [0.29, 0.717) is 0 Å². The monoisotopic (exact) mass is 281 g/mol. The van der Waals surface area contributed by atoms with Crippen molar-refractivity contribution in [1.29, 1.82) is 0 Å². The van der Waals surface area contributed by atoms with Gasteiger partial charge < -0.3 is 4.90 Å². The van der Waals surface area contributed by atoms with Crippen molar-refractivity contribution < 1.29 is 4.79 Å². The molecule has 2 heteroatoms. The number of rotatable bonds is 5. The molecule has 0 aromatic heterocycles. The Morgan fingerprint density at radius 2 is 1.76 bits per heavy atom. The number of nitrogens with zero attached hydrogens (tertiary/aromatic N) is 1. The van der Waals surface area contributed by atoms with Crippen molar-refractivity contribution in [1.82, 2.24) is 0 Å². The van der Waals surface area contributed by atoms with Gasteiger partial charge in [-0.2, -0.15) is 0 Å². The molecule has 1 atom stereocenters. The van der Waals surface area contributed by atoms with Crippen molar-refractivity contribution in [3.63, 3.8) is 0 Å². The Morgan fingerprint density at radius 3 is 2.38 bits per heavy atom. The first-order valence-corrected chi connectivity index (χ1v) is 7.36. The van der Waals surface area contributed by atoms with Gasteiger partial charge in [-0.25, -0.2) is 0 Å². The van der Waals surface area contributed by atoms with Gasteiger partial charge in [-0.1, -0.05) is 55.0 Å². The van der Waals surface area contributed by atoms with Crippen LogP contribution >= 0.6 is 0 Å². The number of carbonyl (C=O) groups excluding carboxylic acids is 1. The third-order valence-electron chi connectivity index (χ3n) is 3.82. The molecular weight excluding hydrogens is 258 g/mol. The molecule has 21 heavy (non-hydrogen) atoms. The third-order valence-corrected chi connectivity index (χ3v) is 3.82. The number of ketones is 1. The molecule has 0 saturated carbocycles. The molecule has 0 radical (unpaired) electrons. The van der Waals surface area contributed by atoms with E-state index in [9.17, 15) is 4.79 Å². The molecule has 0 aliphatic heterocycles. The summed E-state index contributed by atoms with van der Waals surface area (Å²) in [7, 11) is 2.05. The van der Waals surface area contributed by atoms with E-state index in [1.165, 1.54) is 16.8 Å².